The lowest BCUT2D eigenvalue weighted by molar-refractivity contribution is 0.410. The molecule has 0 aliphatic carbocycles. The molecular formula is C21H29N7. The normalized spacial score (nSPS) is 15.3. The van der Waals surface area contributed by atoms with Gasteiger partial charge in [0, 0.05) is 57.7 Å². The van der Waals surface area contributed by atoms with Crippen molar-refractivity contribution in [3.05, 3.63) is 48.0 Å². The molecule has 3 aromatic rings. The van der Waals surface area contributed by atoms with Crippen molar-refractivity contribution in [1.29, 1.82) is 0 Å². The van der Waals surface area contributed by atoms with Gasteiger partial charge in [-0.3, -0.25) is 0 Å². The minimum Gasteiger partial charge on any atom is -0.356 e. The Labute approximate surface area is 166 Å². The van der Waals surface area contributed by atoms with Gasteiger partial charge in [0.2, 0.25) is 5.95 Å². The summed E-state index contributed by atoms with van der Waals surface area (Å²) in [5.74, 6) is 1.85. The monoisotopic (exact) mass is 379 g/mol. The lowest BCUT2D eigenvalue weighted by atomic mass is 10.0. The second kappa shape index (κ2) is 8.14. The van der Waals surface area contributed by atoms with E-state index in [2.05, 4.69) is 43.8 Å². The summed E-state index contributed by atoms with van der Waals surface area (Å²) >= 11 is 0. The van der Waals surface area contributed by atoms with Crippen molar-refractivity contribution < 1.29 is 0 Å². The van der Waals surface area contributed by atoms with Gasteiger partial charge in [0.05, 0.1) is 11.9 Å². The number of fused-ring (bicyclic) bond motifs is 1. The van der Waals surface area contributed by atoms with Gasteiger partial charge in [-0.1, -0.05) is 13.0 Å². The van der Waals surface area contributed by atoms with Gasteiger partial charge in [0.25, 0.3) is 0 Å². The maximum Gasteiger partial charge on any atom is 0.227 e. The van der Waals surface area contributed by atoms with Gasteiger partial charge in [-0.2, -0.15) is 4.98 Å². The molecule has 0 spiro atoms. The maximum absolute atomic E-state index is 4.76. The van der Waals surface area contributed by atoms with Crippen molar-refractivity contribution >= 4 is 17.4 Å². The van der Waals surface area contributed by atoms with Gasteiger partial charge in [0.1, 0.15) is 11.5 Å². The first-order valence-corrected chi connectivity index (χ1v) is 10.1. The zero-order chi connectivity index (χ0) is 19.5. The van der Waals surface area contributed by atoms with Crippen LogP contribution in [-0.2, 0) is 13.0 Å². The van der Waals surface area contributed by atoms with E-state index in [1.54, 1.807) is 0 Å². The molecule has 28 heavy (non-hydrogen) atoms. The predicted octanol–water partition coefficient (Wildman–Crippen LogP) is 2.51. The van der Waals surface area contributed by atoms with E-state index in [0.29, 0.717) is 6.04 Å². The van der Waals surface area contributed by atoms with Crippen LogP contribution in [0.25, 0.3) is 5.65 Å². The number of pyridine rings is 1. The molecular weight excluding hydrogens is 350 g/mol. The molecule has 1 N–H and O–H groups in total. The Hall–Kier alpha value is -2.67. The highest BCUT2D eigenvalue weighted by molar-refractivity contribution is 5.46. The highest BCUT2D eigenvalue weighted by atomic mass is 15.3. The molecule has 1 aliphatic heterocycles. The number of aromatic nitrogens is 4. The van der Waals surface area contributed by atoms with E-state index in [0.717, 1.165) is 62.0 Å². The van der Waals surface area contributed by atoms with Crippen molar-refractivity contribution in [2.24, 2.45) is 0 Å². The number of piperidine rings is 1. The zero-order valence-corrected chi connectivity index (χ0v) is 17.0. The number of rotatable bonds is 6. The molecule has 0 bridgehead atoms. The third kappa shape index (κ3) is 3.94. The number of hydrogen-bond donors (Lipinski definition) is 1. The van der Waals surface area contributed by atoms with Crippen molar-refractivity contribution in [3.63, 3.8) is 0 Å². The highest BCUT2D eigenvalue weighted by Crippen LogP contribution is 2.21. The van der Waals surface area contributed by atoms with Crippen molar-refractivity contribution in [2.75, 3.05) is 37.0 Å². The van der Waals surface area contributed by atoms with Crippen molar-refractivity contribution in [2.45, 2.75) is 38.8 Å². The van der Waals surface area contributed by atoms with Gasteiger partial charge in [-0.25, -0.2) is 9.97 Å². The molecule has 1 fully saturated rings. The Bertz CT molecular complexity index is 925. The third-order valence-corrected chi connectivity index (χ3v) is 5.40. The summed E-state index contributed by atoms with van der Waals surface area (Å²) in [5, 5.41) is 3.71. The van der Waals surface area contributed by atoms with Gasteiger partial charge in [-0.15, -0.1) is 0 Å². The molecule has 0 aromatic carbocycles. The maximum atomic E-state index is 4.76. The minimum absolute atomic E-state index is 0.520. The second-order valence-electron chi connectivity index (χ2n) is 7.59. The van der Waals surface area contributed by atoms with E-state index < -0.39 is 0 Å². The molecule has 4 rings (SSSR count). The van der Waals surface area contributed by atoms with Crippen molar-refractivity contribution in [3.8, 4) is 0 Å². The summed E-state index contributed by atoms with van der Waals surface area (Å²) in [7, 11) is 3.99. The summed E-state index contributed by atoms with van der Waals surface area (Å²) in [5.41, 5.74) is 3.31. The van der Waals surface area contributed by atoms with Crippen LogP contribution < -0.4 is 15.1 Å². The Balaban J connectivity index is 1.36. The van der Waals surface area contributed by atoms with Crippen LogP contribution >= 0.6 is 0 Å². The van der Waals surface area contributed by atoms with E-state index in [-0.39, 0.29) is 0 Å². The predicted molar refractivity (Wildman–Crippen MR) is 113 cm³/mol. The first-order valence-electron chi connectivity index (χ1n) is 10.1. The molecule has 7 nitrogen and oxygen atoms in total. The molecule has 1 aliphatic rings. The lowest BCUT2D eigenvalue weighted by Crippen LogP contribution is -2.42. The number of hydrogen-bond acceptors (Lipinski definition) is 6. The topological polar surface area (TPSA) is 61.6 Å². The summed E-state index contributed by atoms with van der Waals surface area (Å²) in [6, 6.07) is 8.76. The third-order valence-electron chi connectivity index (χ3n) is 5.40. The number of aryl methyl sites for hydroxylation is 1. The molecule has 0 atom stereocenters. The lowest BCUT2D eigenvalue weighted by Gasteiger charge is -2.33. The van der Waals surface area contributed by atoms with E-state index in [1.807, 2.05) is 43.4 Å². The first-order chi connectivity index (χ1) is 13.6. The van der Waals surface area contributed by atoms with Gasteiger partial charge in [-0.05, 0) is 31.4 Å². The molecule has 0 amide bonds. The van der Waals surface area contributed by atoms with Crippen LogP contribution in [0.15, 0.2) is 36.7 Å². The van der Waals surface area contributed by atoms with Gasteiger partial charge < -0.3 is 19.5 Å². The molecule has 7 heteroatoms. The number of anilines is 2. The Morgan fingerprint density at radius 1 is 1.18 bits per heavy atom. The SMILES string of the molecule is CCc1cc(N2CCC(NCc3cnc4ccccn34)CC2)nc(N(C)C)n1. The molecule has 4 heterocycles. The molecule has 0 unspecified atom stereocenters. The summed E-state index contributed by atoms with van der Waals surface area (Å²) in [6.45, 7) is 5.01. The van der Waals surface area contributed by atoms with Gasteiger partial charge in [0.15, 0.2) is 0 Å². The van der Waals surface area contributed by atoms with Crippen LogP contribution in [0.2, 0.25) is 0 Å². The van der Waals surface area contributed by atoms with E-state index in [4.69, 9.17) is 4.98 Å². The molecule has 1 saturated heterocycles. The zero-order valence-electron chi connectivity index (χ0n) is 17.0. The average Bonchev–Trinajstić information content (AvgIpc) is 3.15. The molecule has 3 aromatic heterocycles. The Morgan fingerprint density at radius 2 is 2.00 bits per heavy atom. The quantitative estimate of drug-likeness (QED) is 0.710. The van der Waals surface area contributed by atoms with Crippen LogP contribution in [0.1, 0.15) is 31.2 Å². The Kier molecular flexibility index (Phi) is 5.43. The smallest absolute Gasteiger partial charge is 0.227 e. The fourth-order valence-corrected chi connectivity index (χ4v) is 3.69. The number of nitrogens with one attached hydrogen (secondary N) is 1. The molecule has 148 valence electrons. The summed E-state index contributed by atoms with van der Waals surface area (Å²) in [6.07, 6.45) is 7.19. The fraction of sp³-hybridized carbons (Fsp3) is 0.476. The number of imidazole rings is 1. The molecule has 0 radical (unpaired) electrons. The first kappa shape index (κ1) is 18.7. The van der Waals surface area contributed by atoms with Crippen LogP contribution in [-0.4, -0.2) is 52.6 Å². The average molecular weight is 380 g/mol. The van der Waals surface area contributed by atoms with Crippen molar-refractivity contribution in [1.82, 2.24) is 24.7 Å². The van der Waals surface area contributed by atoms with Crippen LogP contribution in [0.3, 0.4) is 0 Å². The van der Waals surface area contributed by atoms with E-state index in [1.165, 1.54) is 5.69 Å². The number of nitrogens with zero attached hydrogens (tertiary/aromatic N) is 6. The van der Waals surface area contributed by atoms with E-state index >= 15 is 0 Å². The fourth-order valence-electron chi connectivity index (χ4n) is 3.69. The van der Waals surface area contributed by atoms with Crippen LogP contribution in [0.4, 0.5) is 11.8 Å². The van der Waals surface area contributed by atoms with Gasteiger partial charge >= 0.3 is 0 Å². The molecule has 0 saturated carbocycles. The highest BCUT2D eigenvalue weighted by Gasteiger charge is 2.21. The van der Waals surface area contributed by atoms with Crippen LogP contribution in [0, 0.1) is 0 Å². The second-order valence-corrected chi connectivity index (χ2v) is 7.59. The Morgan fingerprint density at radius 3 is 2.75 bits per heavy atom. The van der Waals surface area contributed by atoms with E-state index in [9.17, 15) is 0 Å². The minimum atomic E-state index is 0.520. The largest absolute Gasteiger partial charge is 0.356 e. The van der Waals surface area contributed by atoms with Crippen LogP contribution in [0.5, 0.6) is 0 Å². The summed E-state index contributed by atoms with van der Waals surface area (Å²) < 4.78 is 2.15. The summed E-state index contributed by atoms with van der Waals surface area (Å²) in [4.78, 5) is 18.2. The standard InChI is InChI=1S/C21H29N7/c1-4-16-13-20(25-21(24-16)26(2)3)27-11-8-17(9-12-27)22-14-18-15-23-19-7-5-6-10-28(18)19/h5-7,10,13,15,17,22H,4,8-9,11-12,14H2,1-3H3.